The van der Waals surface area contributed by atoms with Gasteiger partial charge in [-0.05, 0) is 26.9 Å². The molecule has 1 aromatic heterocycles. The molecule has 1 N–H and O–H groups in total. The molecule has 90 valence electrons. The van der Waals surface area contributed by atoms with E-state index in [4.69, 9.17) is 4.74 Å². The highest BCUT2D eigenvalue weighted by Crippen LogP contribution is 2.22. The first-order chi connectivity index (χ1) is 7.78. The molecule has 0 radical (unpaired) electrons. The van der Waals surface area contributed by atoms with E-state index in [9.17, 15) is 0 Å². The van der Waals surface area contributed by atoms with E-state index in [0.29, 0.717) is 11.3 Å². The van der Waals surface area contributed by atoms with Crippen LogP contribution in [0.2, 0.25) is 0 Å². The Labute approximate surface area is 99.8 Å². The number of nitrogens with zero attached hydrogens (tertiary/aromatic N) is 3. The summed E-state index contributed by atoms with van der Waals surface area (Å²) in [5.41, 5.74) is 0. The maximum Gasteiger partial charge on any atom is 0.294 e. The van der Waals surface area contributed by atoms with E-state index in [0.717, 1.165) is 37.5 Å². The highest BCUT2D eigenvalue weighted by molar-refractivity contribution is 7.13. The minimum absolute atomic E-state index is 0.312. The van der Waals surface area contributed by atoms with E-state index in [1.165, 1.54) is 11.3 Å². The zero-order valence-corrected chi connectivity index (χ0v) is 10.6. The molecule has 0 aliphatic carbocycles. The molecule has 0 aromatic carbocycles. The van der Waals surface area contributed by atoms with Crippen LogP contribution in [0.1, 0.15) is 17.8 Å². The highest BCUT2D eigenvalue weighted by Gasteiger charge is 2.19. The standard InChI is InChI=1S/C10H18N4OS/c1-11-7-9-12-13-10(16-9)15-8-3-5-14(2)6-4-8/h8,11H,3-7H2,1-2H3. The first-order valence-electron chi connectivity index (χ1n) is 5.60. The van der Waals surface area contributed by atoms with Crippen LogP contribution in [0, 0.1) is 0 Å². The number of hydrogen-bond acceptors (Lipinski definition) is 6. The summed E-state index contributed by atoms with van der Waals surface area (Å²) in [5, 5.41) is 12.8. The molecule has 1 saturated heterocycles. The second-order valence-electron chi connectivity index (χ2n) is 4.11. The molecule has 0 amide bonds. The van der Waals surface area contributed by atoms with Crippen molar-refractivity contribution in [2.75, 3.05) is 27.2 Å². The molecule has 1 aromatic rings. The molecule has 1 fully saturated rings. The quantitative estimate of drug-likeness (QED) is 0.843. The molecular weight excluding hydrogens is 224 g/mol. The van der Waals surface area contributed by atoms with Gasteiger partial charge >= 0.3 is 0 Å². The van der Waals surface area contributed by atoms with Crippen molar-refractivity contribution in [3.05, 3.63) is 5.01 Å². The SMILES string of the molecule is CNCc1nnc(OC2CCN(C)CC2)s1. The Balaban J connectivity index is 1.83. The average molecular weight is 242 g/mol. The zero-order valence-electron chi connectivity index (χ0n) is 9.77. The van der Waals surface area contributed by atoms with Crippen molar-refractivity contribution in [1.29, 1.82) is 0 Å². The lowest BCUT2D eigenvalue weighted by molar-refractivity contribution is 0.113. The van der Waals surface area contributed by atoms with E-state index in [1.807, 2.05) is 7.05 Å². The summed E-state index contributed by atoms with van der Waals surface area (Å²) in [6.45, 7) is 2.97. The van der Waals surface area contributed by atoms with Gasteiger partial charge in [0.25, 0.3) is 5.19 Å². The molecule has 0 spiro atoms. The fourth-order valence-electron chi connectivity index (χ4n) is 1.75. The molecule has 16 heavy (non-hydrogen) atoms. The van der Waals surface area contributed by atoms with Crippen molar-refractivity contribution < 1.29 is 4.74 Å². The number of ether oxygens (including phenoxy) is 1. The lowest BCUT2D eigenvalue weighted by Crippen LogP contribution is -2.35. The van der Waals surface area contributed by atoms with E-state index >= 15 is 0 Å². The lowest BCUT2D eigenvalue weighted by atomic mass is 10.1. The predicted octanol–water partition coefficient (Wildman–Crippen LogP) is 0.730. The van der Waals surface area contributed by atoms with Gasteiger partial charge in [-0.25, -0.2) is 0 Å². The molecule has 1 aliphatic rings. The summed E-state index contributed by atoms with van der Waals surface area (Å²) in [4.78, 5) is 2.33. The fourth-order valence-corrected chi connectivity index (χ4v) is 2.52. The number of nitrogens with one attached hydrogen (secondary N) is 1. The van der Waals surface area contributed by atoms with Gasteiger partial charge in [0, 0.05) is 19.6 Å². The van der Waals surface area contributed by atoms with E-state index in [-0.39, 0.29) is 0 Å². The zero-order chi connectivity index (χ0) is 11.4. The Hall–Kier alpha value is -0.720. The molecule has 2 rings (SSSR count). The van der Waals surface area contributed by atoms with Crippen molar-refractivity contribution in [3.63, 3.8) is 0 Å². The van der Waals surface area contributed by atoms with E-state index < -0.39 is 0 Å². The second kappa shape index (κ2) is 5.56. The Morgan fingerprint density at radius 2 is 2.19 bits per heavy atom. The van der Waals surface area contributed by atoms with Gasteiger partial charge in [0.15, 0.2) is 0 Å². The van der Waals surface area contributed by atoms with E-state index in [2.05, 4.69) is 27.5 Å². The van der Waals surface area contributed by atoms with Crippen LogP contribution in [0.4, 0.5) is 0 Å². The normalized spacial score (nSPS) is 18.9. The van der Waals surface area contributed by atoms with Gasteiger partial charge in [-0.2, -0.15) is 0 Å². The molecule has 0 bridgehead atoms. The van der Waals surface area contributed by atoms with Crippen molar-refractivity contribution in [2.45, 2.75) is 25.5 Å². The summed E-state index contributed by atoms with van der Waals surface area (Å²) in [6, 6.07) is 0. The van der Waals surface area contributed by atoms with Gasteiger partial charge in [0.05, 0.1) is 0 Å². The van der Waals surface area contributed by atoms with Gasteiger partial charge in [-0.1, -0.05) is 16.4 Å². The minimum atomic E-state index is 0.312. The predicted molar refractivity (Wildman–Crippen MR) is 63.8 cm³/mol. The van der Waals surface area contributed by atoms with Crippen molar-refractivity contribution in [3.8, 4) is 5.19 Å². The smallest absolute Gasteiger partial charge is 0.294 e. The summed E-state index contributed by atoms with van der Waals surface area (Å²) in [6.07, 6.45) is 2.47. The van der Waals surface area contributed by atoms with Gasteiger partial charge in [0.1, 0.15) is 11.1 Å². The summed E-state index contributed by atoms with van der Waals surface area (Å²) < 4.78 is 5.82. The van der Waals surface area contributed by atoms with Crippen LogP contribution in [0.15, 0.2) is 0 Å². The number of hydrogen-bond donors (Lipinski definition) is 1. The van der Waals surface area contributed by atoms with Gasteiger partial charge < -0.3 is 15.0 Å². The number of rotatable bonds is 4. The molecule has 0 saturated carbocycles. The molecule has 0 atom stereocenters. The third-order valence-electron chi connectivity index (χ3n) is 2.71. The Morgan fingerprint density at radius 3 is 2.88 bits per heavy atom. The molecular formula is C10H18N4OS. The van der Waals surface area contributed by atoms with Crippen LogP contribution in [-0.2, 0) is 6.54 Å². The largest absolute Gasteiger partial charge is 0.466 e. The van der Waals surface area contributed by atoms with Gasteiger partial charge in [-0.15, -0.1) is 5.10 Å². The van der Waals surface area contributed by atoms with Gasteiger partial charge in [0.2, 0.25) is 0 Å². The Morgan fingerprint density at radius 1 is 1.44 bits per heavy atom. The average Bonchev–Trinajstić information content (AvgIpc) is 2.70. The number of likely N-dealkylation sites (tertiary alicyclic amines) is 1. The first-order valence-corrected chi connectivity index (χ1v) is 6.42. The Kier molecular flexibility index (Phi) is 4.09. The summed E-state index contributed by atoms with van der Waals surface area (Å²) in [5.74, 6) is 0. The minimum Gasteiger partial charge on any atom is -0.466 e. The van der Waals surface area contributed by atoms with Gasteiger partial charge in [-0.3, -0.25) is 0 Å². The maximum atomic E-state index is 5.82. The van der Waals surface area contributed by atoms with Crippen LogP contribution in [0.25, 0.3) is 0 Å². The second-order valence-corrected chi connectivity index (χ2v) is 5.14. The van der Waals surface area contributed by atoms with Crippen LogP contribution in [0.3, 0.4) is 0 Å². The summed E-state index contributed by atoms with van der Waals surface area (Å²) >= 11 is 1.53. The van der Waals surface area contributed by atoms with Crippen LogP contribution in [0.5, 0.6) is 5.19 Å². The summed E-state index contributed by atoms with van der Waals surface area (Å²) in [7, 11) is 4.05. The van der Waals surface area contributed by atoms with Crippen LogP contribution < -0.4 is 10.1 Å². The first kappa shape index (κ1) is 11.8. The van der Waals surface area contributed by atoms with Crippen LogP contribution in [-0.4, -0.2) is 48.4 Å². The molecule has 2 heterocycles. The Bertz CT molecular complexity index is 322. The lowest BCUT2D eigenvalue weighted by Gasteiger charge is -2.28. The molecule has 0 unspecified atom stereocenters. The molecule has 6 heteroatoms. The molecule has 5 nitrogen and oxygen atoms in total. The molecule has 1 aliphatic heterocycles. The fraction of sp³-hybridized carbons (Fsp3) is 0.800. The highest BCUT2D eigenvalue weighted by atomic mass is 32.1. The number of piperidine rings is 1. The van der Waals surface area contributed by atoms with Crippen LogP contribution >= 0.6 is 11.3 Å². The number of aromatic nitrogens is 2. The third-order valence-corrected chi connectivity index (χ3v) is 3.52. The van der Waals surface area contributed by atoms with Crippen molar-refractivity contribution in [2.24, 2.45) is 0 Å². The maximum absolute atomic E-state index is 5.82. The van der Waals surface area contributed by atoms with E-state index in [1.54, 1.807) is 0 Å². The van der Waals surface area contributed by atoms with Crippen molar-refractivity contribution >= 4 is 11.3 Å². The topological polar surface area (TPSA) is 50.3 Å². The third kappa shape index (κ3) is 3.13. The monoisotopic (exact) mass is 242 g/mol. The van der Waals surface area contributed by atoms with Crippen molar-refractivity contribution in [1.82, 2.24) is 20.4 Å².